The van der Waals surface area contributed by atoms with Crippen molar-refractivity contribution < 1.29 is 9.18 Å². The lowest BCUT2D eigenvalue weighted by Gasteiger charge is -2.11. The van der Waals surface area contributed by atoms with E-state index in [2.05, 4.69) is 15.6 Å². The van der Waals surface area contributed by atoms with Crippen LogP contribution >= 0.6 is 0 Å². The van der Waals surface area contributed by atoms with Crippen LogP contribution in [-0.4, -0.2) is 10.9 Å². The van der Waals surface area contributed by atoms with Crippen molar-refractivity contribution in [3.8, 4) is 0 Å². The van der Waals surface area contributed by atoms with Crippen LogP contribution in [0.25, 0.3) is 0 Å². The molecule has 0 radical (unpaired) electrons. The zero-order valence-corrected chi connectivity index (χ0v) is 14.7. The predicted octanol–water partition coefficient (Wildman–Crippen LogP) is 4.70. The van der Waals surface area contributed by atoms with Crippen LogP contribution in [0.3, 0.4) is 0 Å². The van der Waals surface area contributed by atoms with Crippen LogP contribution in [0.15, 0.2) is 60.8 Å². The van der Waals surface area contributed by atoms with Crippen LogP contribution < -0.4 is 10.6 Å². The average molecular weight is 349 g/mol. The number of hydrogen-bond donors (Lipinski definition) is 2. The van der Waals surface area contributed by atoms with Gasteiger partial charge in [-0.1, -0.05) is 35.9 Å². The summed E-state index contributed by atoms with van der Waals surface area (Å²) in [5.41, 5.74) is 4.44. The molecule has 132 valence electrons. The van der Waals surface area contributed by atoms with Crippen LogP contribution in [-0.2, 0) is 6.54 Å². The Labute approximate surface area is 152 Å². The lowest BCUT2D eigenvalue weighted by atomic mass is 10.1. The Balaban J connectivity index is 1.70. The van der Waals surface area contributed by atoms with E-state index in [9.17, 15) is 9.18 Å². The Morgan fingerprint density at radius 1 is 1.08 bits per heavy atom. The zero-order chi connectivity index (χ0) is 18.5. The number of carbonyl (C=O) groups is 1. The van der Waals surface area contributed by atoms with Gasteiger partial charge in [-0.3, -0.25) is 9.78 Å². The standard InChI is InChI=1S/C21H20FN3O/c1-14-7-8-19(15(2)11-14)25-21(26)20-12-17(9-10-23-20)24-13-16-5-3-4-6-18(16)22/h3-12H,13H2,1-2H3,(H,23,24)(H,25,26). The monoisotopic (exact) mass is 349 g/mol. The molecule has 1 aromatic heterocycles. The van der Waals surface area contributed by atoms with Gasteiger partial charge < -0.3 is 10.6 Å². The molecule has 0 fully saturated rings. The molecule has 2 N–H and O–H groups in total. The van der Waals surface area contributed by atoms with Crippen molar-refractivity contribution in [2.75, 3.05) is 10.6 Å². The van der Waals surface area contributed by atoms with Crippen LogP contribution in [0.5, 0.6) is 0 Å². The number of nitrogens with zero attached hydrogens (tertiary/aromatic N) is 1. The Morgan fingerprint density at radius 3 is 2.65 bits per heavy atom. The predicted molar refractivity (Wildman–Crippen MR) is 102 cm³/mol. The third kappa shape index (κ3) is 4.25. The Hall–Kier alpha value is -3.21. The maximum absolute atomic E-state index is 13.7. The van der Waals surface area contributed by atoms with Gasteiger partial charge in [-0.2, -0.15) is 0 Å². The van der Waals surface area contributed by atoms with E-state index in [1.807, 2.05) is 32.0 Å². The zero-order valence-electron chi connectivity index (χ0n) is 14.7. The topological polar surface area (TPSA) is 54.0 Å². The fourth-order valence-corrected chi connectivity index (χ4v) is 2.64. The number of aromatic nitrogens is 1. The minimum Gasteiger partial charge on any atom is -0.381 e. The maximum Gasteiger partial charge on any atom is 0.274 e. The van der Waals surface area contributed by atoms with E-state index in [0.29, 0.717) is 23.5 Å². The molecule has 0 unspecified atom stereocenters. The number of halogens is 1. The van der Waals surface area contributed by atoms with Gasteiger partial charge >= 0.3 is 0 Å². The highest BCUT2D eigenvalue weighted by Crippen LogP contribution is 2.18. The summed E-state index contributed by atoms with van der Waals surface area (Å²) in [5.74, 6) is -0.548. The molecule has 2 aromatic carbocycles. The van der Waals surface area contributed by atoms with Gasteiger partial charge in [-0.15, -0.1) is 0 Å². The van der Waals surface area contributed by atoms with Gasteiger partial charge in [0.05, 0.1) is 0 Å². The van der Waals surface area contributed by atoms with Gasteiger partial charge in [0, 0.05) is 29.7 Å². The number of carbonyl (C=O) groups excluding carboxylic acids is 1. The van der Waals surface area contributed by atoms with E-state index in [0.717, 1.165) is 16.8 Å². The molecule has 0 saturated heterocycles. The van der Waals surface area contributed by atoms with Gasteiger partial charge in [-0.05, 0) is 43.7 Å². The molecule has 26 heavy (non-hydrogen) atoms. The molecule has 0 spiro atoms. The van der Waals surface area contributed by atoms with Gasteiger partial charge in [-0.25, -0.2) is 4.39 Å². The number of benzene rings is 2. The molecule has 0 bridgehead atoms. The largest absolute Gasteiger partial charge is 0.381 e. The lowest BCUT2D eigenvalue weighted by molar-refractivity contribution is 0.102. The van der Waals surface area contributed by atoms with Crippen molar-refractivity contribution in [1.29, 1.82) is 0 Å². The van der Waals surface area contributed by atoms with E-state index >= 15 is 0 Å². The van der Waals surface area contributed by atoms with Crippen molar-refractivity contribution in [3.63, 3.8) is 0 Å². The van der Waals surface area contributed by atoms with Crippen molar-refractivity contribution >= 4 is 17.3 Å². The Bertz CT molecular complexity index is 940. The fraction of sp³-hybridized carbons (Fsp3) is 0.143. The first-order chi connectivity index (χ1) is 12.5. The highest BCUT2D eigenvalue weighted by molar-refractivity contribution is 6.03. The summed E-state index contributed by atoms with van der Waals surface area (Å²) in [4.78, 5) is 16.6. The normalized spacial score (nSPS) is 10.4. The summed E-state index contributed by atoms with van der Waals surface area (Å²) in [6, 6.07) is 15.8. The number of rotatable bonds is 5. The third-order valence-corrected chi connectivity index (χ3v) is 4.06. The fourth-order valence-electron chi connectivity index (χ4n) is 2.64. The highest BCUT2D eigenvalue weighted by Gasteiger charge is 2.10. The van der Waals surface area contributed by atoms with Crippen molar-refractivity contribution in [1.82, 2.24) is 4.98 Å². The van der Waals surface area contributed by atoms with Crippen molar-refractivity contribution in [3.05, 3.63) is 89.0 Å². The summed E-state index contributed by atoms with van der Waals surface area (Å²) >= 11 is 0. The van der Waals surface area contributed by atoms with Crippen LogP contribution in [0.4, 0.5) is 15.8 Å². The molecule has 0 atom stereocenters. The molecule has 3 aromatic rings. The smallest absolute Gasteiger partial charge is 0.274 e. The first-order valence-corrected chi connectivity index (χ1v) is 8.35. The SMILES string of the molecule is Cc1ccc(NC(=O)c2cc(NCc3ccccc3F)ccn2)c(C)c1. The summed E-state index contributed by atoms with van der Waals surface area (Å²) in [6.07, 6.45) is 1.56. The number of hydrogen-bond acceptors (Lipinski definition) is 3. The van der Waals surface area contributed by atoms with Crippen LogP contribution in [0, 0.1) is 19.7 Å². The highest BCUT2D eigenvalue weighted by atomic mass is 19.1. The molecule has 0 aliphatic carbocycles. The molecule has 1 amide bonds. The minimum atomic E-state index is -0.286. The quantitative estimate of drug-likeness (QED) is 0.702. The van der Waals surface area contributed by atoms with Crippen molar-refractivity contribution in [2.24, 2.45) is 0 Å². The molecule has 4 nitrogen and oxygen atoms in total. The van der Waals surface area contributed by atoms with E-state index in [-0.39, 0.29) is 11.7 Å². The van der Waals surface area contributed by atoms with E-state index in [1.54, 1.807) is 36.5 Å². The number of nitrogens with one attached hydrogen (secondary N) is 2. The first kappa shape index (κ1) is 17.6. The third-order valence-electron chi connectivity index (χ3n) is 4.06. The van der Waals surface area contributed by atoms with Gasteiger partial charge in [0.2, 0.25) is 0 Å². The molecule has 3 rings (SSSR count). The molecular weight excluding hydrogens is 329 g/mol. The van der Waals surface area contributed by atoms with Crippen LogP contribution in [0.2, 0.25) is 0 Å². The second-order valence-electron chi connectivity index (χ2n) is 6.15. The van der Waals surface area contributed by atoms with E-state index in [1.165, 1.54) is 6.07 Å². The van der Waals surface area contributed by atoms with Crippen LogP contribution in [0.1, 0.15) is 27.2 Å². The van der Waals surface area contributed by atoms with Gasteiger partial charge in [0.15, 0.2) is 0 Å². The second kappa shape index (κ2) is 7.78. The molecule has 5 heteroatoms. The van der Waals surface area contributed by atoms with Crippen molar-refractivity contribution in [2.45, 2.75) is 20.4 Å². The lowest BCUT2D eigenvalue weighted by Crippen LogP contribution is -2.15. The van der Waals surface area contributed by atoms with E-state index in [4.69, 9.17) is 0 Å². The minimum absolute atomic E-state index is 0.262. The maximum atomic E-state index is 13.7. The summed E-state index contributed by atoms with van der Waals surface area (Å²) in [5, 5.41) is 5.99. The molecular formula is C21H20FN3O. The number of amides is 1. The summed E-state index contributed by atoms with van der Waals surface area (Å²) in [6.45, 7) is 4.28. The number of pyridine rings is 1. The Morgan fingerprint density at radius 2 is 1.88 bits per heavy atom. The molecule has 0 aliphatic rings. The van der Waals surface area contributed by atoms with Gasteiger partial charge in [0.1, 0.15) is 11.5 Å². The first-order valence-electron chi connectivity index (χ1n) is 8.35. The molecule has 0 aliphatic heterocycles. The number of aryl methyl sites for hydroxylation is 2. The summed E-state index contributed by atoms with van der Waals surface area (Å²) in [7, 11) is 0. The molecule has 0 saturated carbocycles. The Kier molecular flexibility index (Phi) is 5.27. The molecule has 1 heterocycles. The number of anilines is 2. The average Bonchev–Trinajstić information content (AvgIpc) is 2.63. The van der Waals surface area contributed by atoms with E-state index < -0.39 is 0 Å². The summed E-state index contributed by atoms with van der Waals surface area (Å²) < 4.78 is 13.7. The van der Waals surface area contributed by atoms with Gasteiger partial charge in [0.25, 0.3) is 5.91 Å². The second-order valence-corrected chi connectivity index (χ2v) is 6.15.